The highest BCUT2D eigenvalue weighted by Crippen LogP contribution is 2.16. The fourth-order valence-electron chi connectivity index (χ4n) is 1.25. The first kappa shape index (κ1) is 18.2. The van der Waals surface area contributed by atoms with Crippen molar-refractivity contribution in [2.24, 2.45) is 5.92 Å². The Balaban J connectivity index is 4.44. The van der Waals surface area contributed by atoms with E-state index in [0.29, 0.717) is 0 Å². The molecule has 0 aromatic carbocycles. The van der Waals surface area contributed by atoms with E-state index in [1.807, 2.05) is 0 Å². The summed E-state index contributed by atoms with van der Waals surface area (Å²) >= 11 is 0. The fraction of sp³-hybridized carbons (Fsp3) is 0.769. The number of ether oxygens (including phenoxy) is 1. The van der Waals surface area contributed by atoms with Crippen molar-refractivity contribution in [1.82, 2.24) is 10.6 Å². The average molecular weight is 288 g/mol. The number of amides is 2. The molecular formula is C13H24N2O5. The van der Waals surface area contributed by atoms with Crippen LogP contribution in [-0.4, -0.2) is 40.8 Å². The van der Waals surface area contributed by atoms with Gasteiger partial charge in [0.1, 0.15) is 17.7 Å². The average Bonchev–Trinajstić information content (AvgIpc) is 2.23. The van der Waals surface area contributed by atoms with Crippen LogP contribution in [0.4, 0.5) is 4.79 Å². The quantitative estimate of drug-likeness (QED) is 0.703. The van der Waals surface area contributed by atoms with Crippen LogP contribution in [0, 0.1) is 5.92 Å². The number of hydrogen-bond donors (Lipinski definition) is 3. The molecule has 0 aromatic heterocycles. The zero-order chi connectivity index (χ0) is 16.1. The summed E-state index contributed by atoms with van der Waals surface area (Å²) in [5.41, 5.74) is -2.04. The molecule has 0 saturated heterocycles. The molecule has 0 heterocycles. The highest BCUT2D eigenvalue weighted by atomic mass is 16.6. The number of alkyl carbamates (subject to hydrolysis) is 1. The molecule has 0 spiro atoms. The van der Waals surface area contributed by atoms with E-state index >= 15 is 0 Å². The second kappa shape index (κ2) is 6.58. The minimum atomic E-state index is -1.38. The van der Waals surface area contributed by atoms with E-state index in [9.17, 15) is 14.4 Å². The Morgan fingerprint density at radius 2 is 1.65 bits per heavy atom. The van der Waals surface area contributed by atoms with Gasteiger partial charge in [-0.05, 0) is 33.6 Å². The van der Waals surface area contributed by atoms with Crippen molar-refractivity contribution in [2.75, 3.05) is 6.54 Å². The van der Waals surface area contributed by atoms with Crippen molar-refractivity contribution in [2.45, 2.75) is 52.7 Å². The zero-order valence-corrected chi connectivity index (χ0v) is 12.9. The van der Waals surface area contributed by atoms with Crippen LogP contribution < -0.4 is 10.6 Å². The number of nitrogens with one attached hydrogen (secondary N) is 2. The molecular weight excluding hydrogens is 264 g/mol. The van der Waals surface area contributed by atoms with Crippen molar-refractivity contribution in [3.8, 4) is 0 Å². The molecule has 3 N–H and O–H groups in total. The summed E-state index contributed by atoms with van der Waals surface area (Å²) in [6.45, 7) is 9.56. The third kappa shape index (κ3) is 5.90. The summed E-state index contributed by atoms with van der Waals surface area (Å²) in [6, 6.07) is 0. The molecule has 0 aromatic rings. The molecule has 2 amide bonds. The van der Waals surface area contributed by atoms with Crippen molar-refractivity contribution < 1.29 is 24.2 Å². The van der Waals surface area contributed by atoms with Crippen LogP contribution in [0.15, 0.2) is 0 Å². The van der Waals surface area contributed by atoms with Crippen LogP contribution in [0.1, 0.15) is 41.5 Å². The van der Waals surface area contributed by atoms with Crippen molar-refractivity contribution >= 4 is 18.0 Å². The summed E-state index contributed by atoms with van der Waals surface area (Å²) in [6.07, 6.45) is -0.728. The third-order valence-corrected chi connectivity index (χ3v) is 2.79. The number of carboxylic acid groups (broad SMARTS) is 1. The smallest absolute Gasteiger partial charge is 0.408 e. The molecule has 7 heteroatoms. The third-order valence-electron chi connectivity index (χ3n) is 2.79. The summed E-state index contributed by atoms with van der Waals surface area (Å²) in [5.74, 6) is -2.02. The second-order valence-electron chi connectivity index (χ2n) is 6.07. The summed E-state index contributed by atoms with van der Waals surface area (Å²) in [7, 11) is 0. The molecule has 0 fully saturated rings. The topological polar surface area (TPSA) is 105 Å². The minimum absolute atomic E-state index is 0.300. The van der Waals surface area contributed by atoms with Gasteiger partial charge in [-0.2, -0.15) is 0 Å². The molecule has 0 rings (SSSR count). The van der Waals surface area contributed by atoms with Gasteiger partial charge < -0.3 is 20.5 Å². The van der Waals surface area contributed by atoms with Crippen LogP contribution in [0.2, 0.25) is 0 Å². The van der Waals surface area contributed by atoms with Gasteiger partial charge in [0, 0.05) is 0 Å². The van der Waals surface area contributed by atoms with E-state index in [-0.39, 0.29) is 12.5 Å². The SMILES string of the molecule is CC(C)[C@](C)(NC(=O)CNC(=O)OC(C)(C)C)C(=O)O. The van der Waals surface area contributed by atoms with Crippen LogP contribution in [0.5, 0.6) is 0 Å². The minimum Gasteiger partial charge on any atom is -0.480 e. The molecule has 0 saturated carbocycles. The molecule has 0 aliphatic rings. The monoisotopic (exact) mass is 288 g/mol. The van der Waals surface area contributed by atoms with Gasteiger partial charge in [-0.1, -0.05) is 13.8 Å². The van der Waals surface area contributed by atoms with Crippen LogP contribution in [0.25, 0.3) is 0 Å². The largest absolute Gasteiger partial charge is 0.480 e. The van der Waals surface area contributed by atoms with Gasteiger partial charge >= 0.3 is 12.1 Å². The van der Waals surface area contributed by atoms with E-state index in [4.69, 9.17) is 9.84 Å². The van der Waals surface area contributed by atoms with E-state index < -0.39 is 29.1 Å². The fourth-order valence-corrected chi connectivity index (χ4v) is 1.25. The van der Waals surface area contributed by atoms with Crippen LogP contribution >= 0.6 is 0 Å². The van der Waals surface area contributed by atoms with Crippen molar-refractivity contribution in [3.63, 3.8) is 0 Å². The number of hydrogen-bond acceptors (Lipinski definition) is 4. The lowest BCUT2D eigenvalue weighted by molar-refractivity contribution is -0.148. The Morgan fingerprint density at radius 3 is 2.00 bits per heavy atom. The first-order valence-corrected chi connectivity index (χ1v) is 6.39. The molecule has 20 heavy (non-hydrogen) atoms. The van der Waals surface area contributed by atoms with E-state index in [1.165, 1.54) is 6.92 Å². The predicted molar refractivity (Wildman–Crippen MR) is 73.3 cm³/mol. The molecule has 116 valence electrons. The first-order chi connectivity index (χ1) is 8.88. The maximum atomic E-state index is 11.7. The highest BCUT2D eigenvalue weighted by Gasteiger charge is 2.38. The maximum absolute atomic E-state index is 11.7. The number of carboxylic acids is 1. The van der Waals surface area contributed by atoms with Gasteiger partial charge in [-0.3, -0.25) is 4.79 Å². The number of carbonyl (C=O) groups excluding carboxylic acids is 2. The van der Waals surface area contributed by atoms with Gasteiger partial charge in [-0.15, -0.1) is 0 Å². The standard InChI is InChI=1S/C13H24N2O5/c1-8(2)13(6,10(17)18)15-9(16)7-14-11(19)20-12(3,4)5/h8H,7H2,1-6H3,(H,14,19)(H,15,16)(H,17,18)/t13-/m0/s1. The normalized spacial score (nSPS) is 14.3. The Hall–Kier alpha value is -1.79. The zero-order valence-electron chi connectivity index (χ0n) is 12.9. The molecule has 1 atom stereocenters. The molecule has 0 bridgehead atoms. The van der Waals surface area contributed by atoms with Gasteiger partial charge in [0.25, 0.3) is 0 Å². The first-order valence-electron chi connectivity index (χ1n) is 6.39. The Morgan fingerprint density at radius 1 is 1.15 bits per heavy atom. The molecule has 0 unspecified atom stereocenters. The number of rotatable bonds is 5. The Bertz CT molecular complexity index is 387. The Labute approximate surface area is 119 Å². The molecule has 0 aliphatic carbocycles. The lowest BCUT2D eigenvalue weighted by Crippen LogP contribution is -2.57. The second-order valence-corrected chi connectivity index (χ2v) is 6.07. The summed E-state index contributed by atoms with van der Waals surface area (Å²) < 4.78 is 4.97. The van der Waals surface area contributed by atoms with Crippen molar-refractivity contribution in [3.05, 3.63) is 0 Å². The lowest BCUT2D eigenvalue weighted by Gasteiger charge is -2.30. The maximum Gasteiger partial charge on any atom is 0.408 e. The van der Waals surface area contributed by atoms with Crippen molar-refractivity contribution in [1.29, 1.82) is 0 Å². The number of carbonyl (C=O) groups is 3. The highest BCUT2D eigenvalue weighted by molar-refractivity contribution is 5.89. The van der Waals surface area contributed by atoms with E-state index in [0.717, 1.165) is 0 Å². The number of aliphatic carboxylic acids is 1. The van der Waals surface area contributed by atoms with Gasteiger partial charge in [0.15, 0.2) is 0 Å². The molecule has 7 nitrogen and oxygen atoms in total. The summed E-state index contributed by atoms with van der Waals surface area (Å²) in [5, 5.41) is 13.8. The Kier molecular flexibility index (Phi) is 5.99. The van der Waals surface area contributed by atoms with E-state index in [2.05, 4.69) is 10.6 Å². The van der Waals surface area contributed by atoms with Crippen LogP contribution in [-0.2, 0) is 14.3 Å². The predicted octanol–water partition coefficient (Wildman–Crippen LogP) is 1.13. The molecule has 0 radical (unpaired) electrons. The van der Waals surface area contributed by atoms with Gasteiger partial charge in [0.2, 0.25) is 5.91 Å². The molecule has 0 aliphatic heterocycles. The van der Waals surface area contributed by atoms with Crippen LogP contribution in [0.3, 0.4) is 0 Å². The summed E-state index contributed by atoms with van der Waals surface area (Å²) in [4.78, 5) is 34.3. The van der Waals surface area contributed by atoms with Gasteiger partial charge in [-0.25, -0.2) is 9.59 Å². The lowest BCUT2D eigenvalue weighted by atomic mass is 9.88. The van der Waals surface area contributed by atoms with Gasteiger partial charge in [0.05, 0.1) is 0 Å². The van der Waals surface area contributed by atoms with E-state index in [1.54, 1.807) is 34.6 Å².